The van der Waals surface area contributed by atoms with E-state index in [2.05, 4.69) is 41.5 Å². The molecule has 0 aromatic heterocycles. The Morgan fingerprint density at radius 1 is 0.625 bits per heavy atom. The first-order valence-electron chi connectivity index (χ1n) is 3.46. The second kappa shape index (κ2) is 7.00. The molecule has 0 aromatic rings. The van der Waals surface area contributed by atoms with Crippen LogP contribution in [0.25, 0.3) is 0 Å². The second-order valence-electron chi connectivity index (χ2n) is 3.46. The van der Waals surface area contributed by atoms with Crippen molar-refractivity contribution in [3.8, 4) is 0 Å². The van der Waals surface area contributed by atoms with Crippen molar-refractivity contribution >= 4 is 0 Å². The first kappa shape index (κ1) is 10.9. The molecule has 0 aliphatic rings. The third-order valence-corrected chi connectivity index (χ3v) is 0. The molecule has 0 atom stereocenters. The van der Waals surface area contributed by atoms with Gasteiger partial charge in [0.25, 0.3) is 0 Å². The lowest BCUT2D eigenvalue weighted by molar-refractivity contribution is 0.736. The van der Waals surface area contributed by atoms with Gasteiger partial charge in [0.15, 0.2) is 0 Å². The zero-order valence-corrected chi connectivity index (χ0v) is 7.15. The Hall–Kier alpha value is 0. The molecule has 0 bridgehead atoms. The van der Waals surface area contributed by atoms with Crippen LogP contribution in [0.1, 0.15) is 43.0 Å². The van der Waals surface area contributed by atoms with E-state index in [1.54, 1.807) is 0 Å². The first-order valence-corrected chi connectivity index (χ1v) is 3.46. The standard InChI is InChI=1S/2C4H10.H2/c2*1-4(2)3;/h2*4H,1-3H3;1H/i;;1+1. The van der Waals surface area contributed by atoms with Crippen molar-refractivity contribution in [2.45, 2.75) is 41.5 Å². The molecule has 0 fully saturated rings. The average Bonchev–Trinajstić information content (AvgIpc) is 1.25. The van der Waals surface area contributed by atoms with Crippen LogP contribution in [0, 0.1) is 11.8 Å². The van der Waals surface area contributed by atoms with Gasteiger partial charge in [-0.3, -0.25) is 0 Å². The molecule has 54 valence electrons. The predicted molar refractivity (Wildman–Crippen MR) is 43.1 cm³/mol. The summed E-state index contributed by atoms with van der Waals surface area (Å²) < 4.78 is 0. The Morgan fingerprint density at radius 2 is 0.625 bits per heavy atom. The Morgan fingerprint density at radius 3 is 0.625 bits per heavy atom. The largest absolute Gasteiger partial charge is 0.0630 e. The van der Waals surface area contributed by atoms with Gasteiger partial charge in [-0.1, -0.05) is 41.5 Å². The van der Waals surface area contributed by atoms with Gasteiger partial charge in [0, 0.05) is 1.43 Å². The fraction of sp³-hybridized carbons (Fsp3) is 1.00. The van der Waals surface area contributed by atoms with Crippen LogP contribution in [0.3, 0.4) is 0 Å². The van der Waals surface area contributed by atoms with E-state index in [0.29, 0.717) is 0 Å². The summed E-state index contributed by atoms with van der Waals surface area (Å²) in [5.41, 5.74) is 0. The molecule has 0 aromatic carbocycles. The van der Waals surface area contributed by atoms with E-state index in [4.69, 9.17) is 0 Å². The van der Waals surface area contributed by atoms with Crippen LogP contribution >= 0.6 is 0 Å². The number of hydrogen-bond donors (Lipinski definition) is 0. The van der Waals surface area contributed by atoms with E-state index in [0.717, 1.165) is 11.8 Å². The van der Waals surface area contributed by atoms with Crippen molar-refractivity contribution in [3.05, 3.63) is 0 Å². The van der Waals surface area contributed by atoms with Crippen LogP contribution < -0.4 is 0 Å². The summed E-state index contributed by atoms with van der Waals surface area (Å²) in [4.78, 5) is 0. The van der Waals surface area contributed by atoms with Crippen LogP contribution in [-0.4, -0.2) is 0 Å². The summed E-state index contributed by atoms with van der Waals surface area (Å²) in [6, 6.07) is 0. The van der Waals surface area contributed by atoms with Gasteiger partial charge in [0.05, 0.1) is 0 Å². The fourth-order valence-electron chi connectivity index (χ4n) is 0. The van der Waals surface area contributed by atoms with Gasteiger partial charge in [-0.25, -0.2) is 0 Å². The maximum Gasteiger partial charge on any atom is 0 e. The minimum atomic E-state index is 0. The Labute approximate surface area is 55.8 Å². The highest BCUT2D eigenvalue weighted by Crippen LogP contribution is 1.81. The highest BCUT2D eigenvalue weighted by molar-refractivity contribution is 4.21. The first-order chi connectivity index (χ1) is 3.46. The lowest BCUT2D eigenvalue weighted by Gasteiger charge is -1.79. The molecule has 0 saturated heterocycles. The van der Waals surface area contributed by atoms with Gasteiger partial charge in [-0.2, -0.15) is 0 Å². The zero-order valence-electron chi connectivity index (χ0n) is 7.15. The molecule has 0 aliphatic carbocycles. The third kappa shape index (κ3) is 0. The van der Waals surface area contributed by atoms with E-state index in [9.17, 15) is 0 Å². The quantitative estimate of drug-likeness (QED) is 0.457. The summed E-state index contributed by atoms with van der Waals surface area (Å²) in [6.07, 6.45) is 0. The topological polar surface area (TPSA) is 0 Å². The number of rotatable bonds is 0. The summed E-state index contributed by atoms with van der Waals surface area (Å²) >= 11 is 0. The highest BCUT2D eigenvalue weighted by atomic mass is 13.7. The molecule has 0 amide bonds. The Balaban J connectivity index is -0.0000000720. The van der Waals surface area contributed by atoms with Gasteiger partial charge in [-0.15, -0.1) is 0 Å². The molecule has 0 unspecified atom stereocenters. The maximum atomic E-state index is 2.17. The lowest BCUT2D eigenvalue weighted by Crippen LogP contribution is -1.66. The number of hydrogen-bond acceptors (Lipinski definition) is 0. The predicted octanol–water partition coefficient (Wildman–Crippen LogP) is 3.57. The van der Waals surface area contributed by atoms with Gasteiger partial charge >= 0.3 is 0 Å². The Kier molecular flexibility index (Phi) is 9.53. The van der Waals surface area contributed by atoms with Crippen LogP contribution in [0.5, 0.6) is 0 Å². The smallest absolute Gasteiger partial charge is 0 e. The second-order valence-corrected chi connectivity index (χ2v) is 3.46. The average molecular weight is 119 g/mol. The molecule has 0 aliphatic heterocycles. The van der Waals surface area contributed by atoms with E-state index in [1.165, 1.54) is 0 Å². The molecular weight excluding hydrogens is 96.1 g/mol. The van der Waals surface area contributed by atoms with Crippen molar-refractivity contribution in [1.82, 2.24) is 0 Å². The monoisotopic (exact) mass is 119 g/mol. The molecule has 0 N–H and O–H groups in total. The van der Waals surface area contributed by atoms with Crippen molar-refractivity contribution in [2.24, 2.45) is 11.8 Å². The summed E-state index contributed by atoms with van der Waals surface area (Å²) in [5.74, 6) is 1.67. The molecule has 0 nitrogen and oxygen atoms in total. The minimum absolute atomic E-state index is 0. The minimum Gasteiger partial charge on any atom is -0.0630 e. The van der Waals surface area contributed by atoms with E-state index in [1.807, 2.05) is 0 Å². The van der Waals surface area contributed by atoms with E-state index >= 15 is 0 Å². The summed E-state index contributed by atoms with van der Waals surface area (Å²) in [7, 11) is 0. The van der Waals surface area contributed by atoms with Crippen LogP contribution in [0.15, 0.2) is 0 Å². The lowest BCUT2D eigenvalue weighted by atomic mass is 10.3. The van der Waals surface area contributed by atoms with Gasteiger partial charge in [0.1, 0.15) is 0 Å². The molecule has 8 heavy (non-hydrogen) atoms. The fourth-order valence-corrected chi connectivity index (χ4v) is 0. The van der Waals surface area contributed by atoms with Crippen LogP contribution in [0.2, 0.25) is 0 Å². The van der Waals surface area contributed by atoms with Crippen molar-refractivity contribution in [3.63, 3.8) is 0 Å². The van der Waals surface area contributed by atoms with Crippen molar-refractivity contribution in [2.75, 3.05) is 0 Å². The molecule has 0 spiro atoms. The van der Waals surface area contributed by atoms with Crippen molar-refractivity contribution < 1.29 is 1.43 Å². The van der Waals surface area contributed by atoms with E-state index in [-0.39, 0.29) is 1.43 Å². The molecule has 0 rings (SSSR count). The van der Waals surface area contributed by atoms with Crippen LogP contribution in [-0.2, 0) is 0 Å². The summed E-state index contributed by atoms with van der Waals surface area (Å²) in [5, 5.41) is 0. The van der Waals surface area contributed by atoms with Gasteiger partial charge in [0.2, 0.25) is 0 Å². The zero-order chi connectivity index (χ0) is 7.15. The van der Waals surface area contributed by atoms with E-state index < -0.39 is 0 Å². The van der Waals surface area contributed by atoms with Crippen LogP contribution in [0.4, 0.5) is 0 Å². The molecule has 0 radical (unpaired) electrons. The molecule has 0 saturated carbocycles. The normalized spacial score (nSPS) is 9.00. The van der Waals surface area contributed by atoms with Gasteiger partial charge in [-0.05, 0) is 11.8 Å². The SMILES string of the molecule is CC(C)C.CC(C)C.[2HH]. The third-order valence-electron chi connectivity index (χ3n) is 0. The maximum absolute atomic E-state index is 2.17. The Bertz CT molecular complexity index is 20.0. The van der Waals surface area contributed by atoms with Gasteiger partial charge < -0.3 is 0 Å². The highest BCUT2D eigenvalue weighted by Gasteiger charge is 1.68. The molecular formula is C8H22. The van der Waals surface area contributed by atoms with Crippen molar-refractivity contribution in [1.29, 1.82) is 0 Å². The molecule has 0 heteroatoms. The summed E-state index contributed by atoms with van der Waals surface area (Å²) in [6.45, 7) is 13.0. The molecule has 0 heterocycles.